The first-order valence-corrected chi connectivity index (χ1v) is 19.3. The summed E-state index contributed by atoms with van der Waals surface area (Å²) in [7, 11) is 3.56. The molecule has 2 N–H and O–H groups in total. The highest BCUT2D eigenvalue weighted by molar-refractivity contribution is 5.47. The van der Waals surface area contributed by atoms with Crippen LogP contribution in [0, 0.1) is 11.8 Å². The molecule has 2 aromatic carbocycles. The van der Waals surface area contributed by atoms with Gasteiger partial charge in [-0.1, -0.05) is 37.8 Å². The molecule has 0 spiro atoms. The molecule has 1 unspecified atom stereocenters. The molecule has 7 nitrogen and oxygen atoms in total. The van der Waals surface area contributed by atoms with Gasteiger partial charge in [-0.15, -0.1) is 0 Å². The molecule has 7 atom stereocenters. The molecule has 3 aliphatic heterocycles. The number of piperidine rings is 2. The number of nitrogens with one attached hydrogen (secondary N) is 1. The van der Waals surface area contributed by atoms with Crippen molar-refractivity contribution in [3.63, 3.8) is 0 Å². The summed E-state index contributed by atoms with van der Waals surface area (Å²) in [5.74, 6) is 3.62. The molecule has 3 heterocycles. The van der Waals surface area contributed by atoms with Gasteiger partial charge in [0.1, 0.15) is 11.5 Å². The fourth-order valence-corrected chi connectivity index (χ4v) is 11.9. The van der Waals surface area contributed by atoms with Crippen molar-refractivity contribution in [3.05, 3.63) is 58.7 Å². The van der Waals surface area contributed by atoms with Crippen molar-refractivity contribution in [1.82, 2.24) is 15.1 Å². The SMILES string of the molecule is COc1ccc2c(c1)[C@]13CCCC[C@@H]1[C@H](C2)N(CC(O)CN1CCOCC1)CC3.COc1ccc2c(c1)[C@]13CCCC[C@@H]1[C@H](C2)NCC3. The van der Waals surface area contributed by atoms with Gasteiger partial charge in [-0.05, 0) is 123 Å². The Bertz CT molecular complexity index is 1420. The monoisotopic (exact) mass is 657 g/mol. The molecule has 262 valence electrons. The van der Waals surface area contributed by atoms with Crippen LogP contribution in [0.4, 0.5) is 0 Å². The first-order valence-electron chi connectivity index (χ1n) is 19.3. The van der Waals surface area contributed by atoms with Crippen LogP contribution in [-0.4, -0.2) is 99.8 Å². The molecular formula is C41H59N3O4. The predicted molar refractivity (Wildman–Crippen MR) is 190 cm³/mol. The molecule has 2 aromatic rings. The summed E-state index contributed by atoms with van der Waals surface area (Å²) < 4.78 is 16.5. The van der Waals surface area contributed by atoms with Gasteiger partial charge in [0.25, 0.3) is 0 Å². The van der Waals surface area contributed by atoms with Crippen LogP contribution < -0.4 is 14.8 Å². The smallest absolute Gasteiger partial charge is 0.119 e. The Balaban J connectivity index is 0.000000153. The van der Waals surface area contributed by atoms with E-state index in [2.05, 4.69) is 51.5 Å². The number of aliphatic hydroxyl groups is 1. The van der Waals surface area contributed by atoms with Crippen molar-refractivity contribution in [2.45, 2.75) is 106 Å². The minimum Gasteiger partial charge on any atom is -0.497 e. The second-order valence-electron chi connectivity index (χ2n) is 16.2. The van der Waals surface area contributed by atoms with Crippen molar-refractivity contribution >= 4 is 0 Å². The van der Waals surface area contributed by atoms with E-state index in [9.17, 15) is 5.11 Å². The molecule has 48 heavy (non-hydrogen) atoms. The van der Waals surface area contributed by atoms with Gasteiger partial charge in [-0.25, -0.2) is 0 Å². The number of ether oxygens (including phenoxy) is 3. The number of hydrogen-bond donors (Lipinski definition) is 2. The number of benzene rings is 2. The molecule has 7 aliphatic rings. The molecule has 0 radical (unpaired) electrons. The van der Waals surface area contributed by atoms with Gasteiger partial charge in [-0.3, -0.25) is 9.80 Å². The minimum atomic E-state index is -0.276. The third-order valence-electron chi connectivity index (χ3n) is 14.0. The van der Waals surface area contributed by atoms with Crippen LogP contribution in [0.3, 0.4) is 0 Å². The number of nitrogens with zero attached hydrogens (tertiary/aromatic N) is 2. The Hall–Kier alpha value is -2.16. The molecule has 5 fully saturated rings. The maximum atomic E-state index is 10.9. The van der Waals surface area contributed by atoms with Crippen molar-refractivity contribution in [1.29, 1.82) is 0 Å². The largest absolute Gasteiger partial charge is 0.497 e. The summed E-state index contributed by atoms with van der Waals surface area (Å²) in [4.78, 5) is 4.98. The zero-order valence-electron chi connectivity index (χ0n) is 29.6. The Morgan fingerprint density at radius 2 is 1.44 bits per heavy atom. The Kier molecular flexibility index (Phi) is 9.54. The molecule has 0 amide bonds. The Morgan fingerprint density at radius 3 is 2.12 bits per heavy atom. The highest BCUT2D eigenvalue weighted by atomic mass is 16.5. The van der Waals surface area contributed by atoms with E-state index in [0.717, 1.165) is 81.7 Å². The summed E-state index contributed by atoms with van der Waals surface area (Å²) in [6, 6.07) is 14.9. The summed E-state index contributed by atoms with van der Waals surface area (Å²) in [5, 5.41) is 14.7. The molecule has 3 saturated heterocycles. The average Bonchev–Trinajstić information content (AvgIpc) is 3.13. The predicted octanol–water partition coefficient (Wildman–Crippen LogP) is 5.49. The molecule has 7 heteroatoms. The fourth-order valence-electron chi connectivity index (χ4n) is 11.9. The van der Waals surface area contributed by atoms with Crippen molar-refractivity contribution < 1.29 is 19.3 Å². The minimum absolute atomic E-state index is 0.276. The van der Waals surface area contributed by atoms with Crippen molar-refractivity contribution in [2.75, 3.05) is 66.7 Å². The number of aliphatic hydroxyl groups excluding tert-OH is 1. The van der Waals surface area contributed by atoms with E-state index in [0.29, 0.717) is 16.9 Å². The van der Waals surface area contributed by atoms with E-state index in [1.165, 1.54) is 82.7 Å². The normalized spacial score (nSPS) is 34.6. The molecule has 2 saturated carbocycles. The van der Waals surface area contributed by atoms with E-state index in [1.54, 1.807) is 30.9 Å². The summed E-state index contributed by atoms with van der Waals surface area (Å²) in [6.45, 7) is 7.36. The van der Waals surface area contributed by atoms with E-state index in [-0.39, 0.29) is 6.10 Å². The van der Waals surface area contributed by atoms with Crippen molar-refractivity contribution in [3.8, 4) is 11.5 Å². The molecule has 0 aromatic heterocycles. The third kappa shape index (κ3) is 5.89. The van der Waals surface area contributed by atoms with Crippen LogP contribution in [0.25, 0.3) is 0 Å². The fraction of sp³-hybridized carbons (Fsp3) is 0.707. The first kappa shape index (κ1) is 33.0. The lowest BCUT2D eigenvalue weighted by molar-refractivity contribution is -0.0415. The second kappa shape index (κ2) is 13.9. The lowest BCUT2D eigenvalue weighted by Crippen LogP contribution is -2.62. The van der Waals surface area contributed by atoms with Crippen LogP contribution in [0.5, 0.6) is 11.5 Å². The lowest BCUT2D eigenvalue weighted by atomic mass is 9.52. The number of morpholine rings is 1. The summed E-state index contributed by atoms with van der Waals surface area (Å²) in [6.07, 6.45) is 15.6. The van der Waals surface area contributed by atoms with Gasteiger partial charge >= 0.3 is 0 Å². The van der Waals surface area contributed by atoms with Crippen LogP contribution >= 0.6 is 0 Å². The molecule has 4 bridgehead atoms. The van der Waals surface area contributed by atoms with Gasteiger partial charge in [0.15, 0.2) is 0 Å². The standard InChI is InChI=1S/C24H36N2O3.C17H23NO/c1-28-20-6-5-18-14-23-21-4-2-3-7-24(21,22(18)15-20)8-9-26(23)17-19(27)16-25-10-12-29-13-11-25;1-19-13-6-5-12-10-16-14-4-2-3-7-17(14,8-9-18-16)15(12)11-13/h5-6,15,19,21,23,27H,2-4,7-14,16-17H2,1H3;5-6,11,14,16,18H,2-4,7-10H2,1H3/t19?,21-,23+,24+;14-,16+,17+/m11/s1. The number of methoxy groups -OCH3 is 2. The van der Waals surface area contributed by atoms with Crippen molar-refractivity contribution in [2.24, 2.45) is 11.8 Å². The topological polar surface area (TPSA) is 66.4 Å². The zero-order chi connectivity index (χ0) is 32.7. The molecule has 9 rings (SSSR count). The Morgan fingerprint density at radius 1 is 0.792 bits per heavy atom. The Labute approximate surface area is 288 Å². The number of hydrogen-bond acceptors (Lipinski definition) is 7. The van der Waals surface area contributed by atoms with Gasteiger partial charge in [0.2, 0.25) is 0 Å². The lowest BCUT2D eigenvalue weighted by Gasteiger charge is -2.59. The summed E-state index contributed by atoms with van der Waals surface area (Å²) in [5.41, 5.74) is 7.06. The quantitative estimate of drug-likeness (QED) is 0.426. The number of likely N-dealkylation sites (tertiary alicyclic amines) is 1. The number of fused-ring (bicyclic) bond motifs is 2. The van der Waals surface area contributed by atoms with Gasteiger partial charge in [0.05, 0.1) is 33.5 Å². The van der Waals surface area contributed by atoms with Crippen LogP contribution in [-0.2, 0) is 28.4 Å². The zero-order valence-corrected chi connectivity index (χ0v) is 29.6. The second-order valence-corrected chi connectivity index (χ2v) is 16.2. The van der Waals surface area contributed by atoms with Gasteiger partial charge in [0, 0.05) is 49.1 Å². The average molecular weight is 658 g/mol. The maximum absolute atomic E-state index is 10.9. The highest BCUT2D eigenvalue weighted by Crippen LogP contribution is 2.57. The third-order valence-corrected chi connectivity index (χ3v) is 14.0. The van der Waals surface area contributed by atoms with Gasteiger partial charge in [-0.2, -0.15) is 0 Å². The molecule has 4 aliphatic carbocycles. The van der Waals surface area contributed by atoms with E-state index < -0.39 is 0 Å². The van der Waals surface area contributed by atoms with E-state index in [4.69, 9.17) is 14.2 Å². The number of rotatable bonds is 6. The van der Waals surface area contributed by atoms with Gasteiger partial charge < -0.3 is 24.6 Å². The first-order chi connectivity index (χ1) is 23.5. The maximum Gasteiger partial charge on any atom is 0.119 e. The number of β-amino-alcohol motifs (C(OH)–C–C–N with tert-alkyl or cyclic N) is 1. The summed E-state index contributed by atoms with van der Waals surface area (Å²) >= 11 is 0. The highest BCUT2D eigenvalue weighted by Gasteiger charge is 2.54. The van der Waals surface area contributed by atoms with E-state index >= 15 is 0 Å². The van der Waals surface area contributed by atoms with E-state index in [1.807, 2.05) is 0 Å². The van der Waals surface area contributed by atoms with Crippen LogP contribution in [0.1, 0.15) is 86.5 Å². The molecular weight excluding hydrogens is 598 g/mol. The van der Waals surface area contributed by atoms with Crippen LogP contribution in [0.2, 0.25) is 0 Å². The van der Waals surface area contributed by atoms with Crippen LogP contribution in [0.15, 0.2) is 36.4 Å².